The van der Waals surface area contributed by atoms with Crippen LogP contribution in [0.3, 0.4) is 0 Å². The van der Waals surface area contributed by atoms with E-state index in [4.69, 9.17) is 14.2 Å². The predicted octanol–water partition coefficient (Wildman–Crippen LogP) is 2.32. The van der Waals surface area contributed by atoms with Gasteiger partial charge in [-0.15, -0.1) is 0 Å². The molecular weight excluding hydrogens is 332 g/mol. The van der Waals surface area contributed by atoms with Gasteiger partial charge in [0.1, 0.15) is 6.61 Å². The molecule has 2 heterocycles. The molecule has 0 saturated carbocycles. The lowest BCUT2D eigenvalue weighted by Gasteiger charge is -2.31. The molecule has 1 amide bonds. The molecule has 0 spiro atoms. The number of benzene rings is 1. The number of fused-ring (bicyclic) bond motifs is 1. The summed E-state index contributed by atoms with van der Waals surface area (Å²) in [5.74, 6) is 1.32. The molecule has 1 aliphatic heterocycles. The Hall–Kier alpha value is -2.60. The fourth-order valence-electron chi connectivity index (χ4n) is 3.15. The number of methoxy groups -OCH3 is 2. The van der Waals surface area contributed by atoms with Gasteiger partial charge in [0, 0.05) is 32.6 Å². The molecule has 0 aliphatic carbocycles. The molecule has 1 atom stereocenters. The summed E-state index contributed by atoms with van der Waals surface area (Å²) >= 11 is 0. The van der Waals surface area contributed by atoms with Crippen LogP contribution in [0.5, 0.6) is 11.5 Å². The smallest absolute Gasteiger partial charge is 0.229 e. The summed E-state index contributed by atoms with van der Waals surface area (Å²) < 4.78 is 16.4. The highest BCUT2D eigenvalue weighted by Gasteiger charge is 2.30. The lowest BCUT2D eigenvalue weighted by atomic mass is 9.95. The molecule has 6 nitrogen and oxygen atoms in total. The molecule has 0 fully saturated rings. The molecule has 0 unspecified atom stereocenters. The Balaban J connectivity index is 1.74. The van der Waals surface area contributed by atoms with Gasteiger partial charge < -0.3 is 19.1 Å². The molecule has 1 aromatic carbocycles. The highest BCUT2D eigenvalue weighted by atomic mass is 16.5. The van der Waals surface area contributed by atoms with Gasteiger partial charge in [-0.3, -0.25) is 9.78 Å². The Morgan fingerprint density at radius 2 is 2.08 bits per heavy atom. The third-order valence-corrected chi connectivity index (χ3v) is 4.52. The van der Waals surface area contributed by atoms with Crippen LogP contribution in [0.4, 0.5) is 0 Å². The van der Waals surface area contributed by atoms with Crippen LogP contribution in [0, 0.1) is 5.92 Å². The quantitative estimate of drug-likeness (QED) is 0.762. The van der Waals surface area contributed by atoms with Crippen molar-refractivity contribution in [2.45, 2.75) is 13.0 Å². The zero-order valence-corrected chi connectivity index (χ0v) is 15.2. The molecule has 2 aromatic rings. The summed E-state index contributed by atoms with van der Waals surface area (Å²) in [4.78, 5) is 19.0. The monoisotopic (exact) mass is 356 g/mol. The van der Waals surface area contributed by atoms with Gasteiger partial charge in [0.05, 0.1) is 19.6 Å². The van der Waals surface area contributed by atoms with Crippen LogP contribution in [0.25, 0.3) is 0 Å². The van der Waals surface area contributed by atoms with Crippen LogP contribution in [0.15, 0.2) is 42.7 Å². The number of rotatable bonds is 7. The van der Waals surface area contributed by atoms with Crippen LogP contribution in [-0.4, -0.2) is 49.8 Å². The van der Waals surface area contributed by atoms with E-state index >= 15 is 0 Å². The first kappa shape index (κ1) is 18.2. The van der Waals surface area contributed by atoms with E-state index in [2.05, 4.69) is 4.98 Å². The third kappa shape index (κ3) is 4.14. The molecule has 3 rings (SSSR count). The van der Waals surface area contributed by atoms with Crippen molar-refractivity contribution in [3.05, 3.63) is 53.9 Å². The molecule has 0 saturated heterocycles. The van der Waals surface area contributed by atoms with E-state index < -0.39 is 0 Å². The normalized spacial score (nSPS) is 15.7. The number of hydrogen-bond donors (Lipinski definition) is 0. The second-order valence-electron chi connectivity index (χ2n) is 6.27. The van der Waals surface area contributed by atoms with Gasteiger partial charge in [0.15, 0.2) is 11.5 Å². The van der Waals surface area contributed by atoms with E-state index in [1.54, 1.807) is 26.6 Å². The van der Waals surface area contributed by atoms with Crippen LogP contribution >= 0.6 is 0 Å². The van der Waals surface area contributed by atoms with Crippen molar-refractivity contribution in [1.29, 1.82) is 0 Å². The molecule has 0 bridgehead atoms. The highest BCUT2D eigenvalue weighted by molar-refractivity contribution is 5.80. The lowest BCUT2D eigenvalue weighted by molar-refractivity contribution is -0.138. The van der Waals surface area contributed by atoms with Crippen molar-refractivity contribution in [1.82, 2.24) is 9.88 Å². The number of amides is 1. The Kier molecular flexibility index (Phi) is 6.07. The average Bonchev–Trinajstić information content (AvgIpc) is 2.70. The maximum absolute atomic E-state index is 13.1. The molecule has 1 aromatic heterocycles. The topological polar surface area (TPSA) is 60.9 Å². The first-order chi connectivity index (χ1) is 12.7. The standard InChI is InChI=1S/C20H24N2O4/c1-24-11-10-22(13-15-6-8-21-9-7-15)20(23)17-12-16-4-3-5-18(25-2)19(16)26-14-17/h3-9,17H,10-14H2,1-2H3/t17-/m1/s1. The minimum Gasteiger partial charge on any atom is -0.493 e. The van der Waals surface area contributed by atoms with Crippen molar-refractivity contribution < 1.29 is 19.0 Å². The number of pyridine rings is 1. The van der Waals surface area contributed by atoms with Gasteiger partial charge in [-0.1, -0.05) is 12.1 Å². The highest BCUT2D eigenvalue weighted by Crippen LogP contribution is 2.36. The Bertz CT molecular complexity index is 736. The molecule has 0 radical (unpaired) electrons. The van der Waals surface area contributed by atoms with E-state index in [9.17, 15) is 4.79 Å². The summed E-state index contributed by atoms with van der Waals surface area (Å²) in [6.07, 6.45) is 4.12. The van der Waals surface area contributed by atoms with Crippen LogP contribution in [-0.2, 0) is 22.5 Å². The van der Waals surface area contributed by atoms with Crippen molar-refractivity contribution in [3.8, 4) is 11.5 Å². The largest absolute Gasteiger partial charge is 0.493 e. The maximum atomic E-state index is 13.1. The SMILES string of the molecule is COCCN(Cc1ccncc1)C(=O)[C@H]1COc2c(cccc2OC)C1. The zero-order chi connectivity index (χ0) is 18.4. The number of carbonyl (C=O) groups excluding carboxylic acids is 1. The van der Waals surface area contributed by atoms with Crippen molar-refractivity contribution in [2.75, 3.05) is 34.0 Å². The third-order valence-electron chi connectivity index (χ3n) is 4.52. The van der Waals surface area contributed by atoms with Gasteiger partial charge in [-0.25, -0.2) is 0 Å². The van der Waals surface area contributed by atoms with Crippen LogP contribution in [0.1, 0.15) is 11.1 Å². The molecular formula is C20H24N2O4. The second-order valence-corrected chi connectivity index (χ2v) is 6.27. The van der Waals surface area contributed by atoms with Gasteiger partial charge in [0.25, 0.3) is 0 Å². The maximum Gasteiger partial charge on any atom is 0.229 e. The summed E-state index contributed by atoms with van der Waals surface area (Å²) in [6.45, 7) is 1.92. The first-order valence-corrected chi connectivity index (χ1v) is 8.68. The lowest BCUT2D eigenvalue weighted by Crippen LogP contribution is -2.42. The number of para-hydroxylation sites is 1. The van der Waals surface area contributed by atoms with Crippen LogP contribution < -0.4 is 9.47 Å². The number of hydrogen-bond acceptors (Lipinski definition) is 5. The summed E-state index contributed by atoms with van der Waals surface area (Å²) in [5, 5.41) is 0. The predicted molar refractivity (Wildman–Crippen MR) is 97.2 cm³/mol. The average molecular weight is 356 g/mol. The molecule has 6 heteroatoms. The number of carbonyl (C=O) groups is 1. The van der Waals surface area contributed by atoms with Crippen molar-refractivity contribution >= 4 is 5.91 Å². The molecule has 1 aliphatic rings. The Morgan fingerprint density at radius 3 is 2.81 bits per heavy atom. The molecule has 26 heavy (non-hydrogen) atoms. The fourth-order valence-corrected chi connectivity index (χ4v) is 3.15. The summed E-state index contributed by atoms with van der Waals surface area (Å²) in [7, 11) is 3.26. The van der Waals surface area contributed by atoms with Gasteiger partial charge in [-0.2, -0.15) is 0 Å². The van der Waals surface area contributed by atoms with Crippen molar-refractivity contribution in [2.24, 2.45) is 5.92 Å². The molecule has 0 N–H and O–H groups in total. The van der Waals surface area contributed by atoms with E-state index in [0.717, 1.165) is 16.9 Å². The number of ether oxygens (including phenoxy) is 3. The van der Waals surface area contributed by atoms with Gasteiger partial charge >= 0.3 is 0 Å². The number of nitrogens with zero attached hydrogens (tertiary/aromatic N) is 2. The first-order valence-electron chi connectivity index (χ1n) is 8.68. The van der Waals surface area contributed by atoms with E-state index in [1.165, 1.54) is 0 Å². The van der Waals surface area contributed by atoms with Crippen molar-refractivity contribution in [3.63, 3.8) is 0 Å². The number of aromatic nitrogens is 1. The van der Waals surface area contributed by atoms with E-state index in [0.29, 0.717) is 38.5 Å². The van der Waals surface area contributed by atoms with E-state index in [1.807, 2.05) is 35.2 Å². The van der Waals surface area contributed by atoms with Crippen LogP contribution in [0.2, 0.25) is 0 Å². The summed E-state index contributed by atoms with van der Waals surface area (Å²) in [6, 6.07) is 9.62. The minimum absolute atomic E-state index is 0.0762. The molecule has 138 valence electrons. The van der Waals surface area contributed by atoms with E-state index in [-0.39, 0.29) is 11.8 Å². The zero-order valence-electron chi connectivity index (χ0n) is 15.2. The summed E-state index contributed by atoms with van der Waals surface area (Å²) in [5.41, 5.74) is 2.05. The Labute approximate surface area is 153 Å². The Morgan fingerprint density at radius 1 is 1.27 bits per heavy atom. The van der Waals surface area contributed by atoms with Gasteiger partial charge in [0.2, 0.25) is 5.91 Å². The fraction of sp³-hybridized carbons (Fsp3) is 0.400. The second kappa shape index (κ2) is 8.67. The van der Waals surface area contributed by atoms with Gasteiger partial charge in [-0.05, 0) is 35.7 Å². The minimum atomic E-state index is -0.215.